The smallest absolute Gasteiger partial charge is 0.419 e. The molecule has 2 aromatic rings. The molecule has 5 rings (SSSR count). The van der Waals surface area contributed by atoms with E-state index in [2.05, 4.69) is 4.90 Å². The van der Waals surface area contributed by atoms with E-state index in [-0.39, 0.29) is 44.2 Å². The number of carboxylic acids is 1. The number of fused-ring (bicyclic) bond motifs is 1. The van der Waals surface area contributed by atoms with Crippen LogP contribution < -0.4 is 14.2 Å². The number of rotatable bonds is 8. The lowest BCUT2D eigenvalue weighted by molar-refractivity contribution is -0.143. The number of piperidine rings is 1. The van der Waals surface area contributed by atoms with Crippen molar-refractivity contribution >= 4 is 24.5 Å². The number of nitrogens with zero attached hydrogens (tertiary/aromatic N) is 1. The number of carboxylic acid groups (broad SMARTS) is 1. The number of carbonyl (C=O) groups is 1. The predicted molar refractivity (Wildman–Crippen MR) is 140 cm³/mol. The van der Waals surface area contributed by atoms with Crippen molar-refractivity contribution in [2.45, 2.75) is 52.0 Å². The van der Waals surface area contributed by atoms with E-state index >= 15 is 0 Å². The first-order chi connectivity index (χ1) is 17.2. The van der Waals surface area contributed by atoms with E-state index < -0.39 is 17.7 Å². The van der Waals surface area contributed by atoms with Gasteiger partial charge in [0.2, 0.25) is 0 Å². The Morgan fingerprint density at radius 3 is 2.63 bits per heavy atom. The molecule has 2 fully saturated rings. The molecule has 0 bridgehead atoms. The van der Waals surface area contributed by atoms with Crippen LogP contribution in [0.15, 0.2) is 42.0 Å². The number of hydrogen-bond donors (Lipinski definition) is 1. The first-order valence-electron chi connectivity index (χ1n) is 12.2. The minimum Gasteiger partial charge on any atom is -0.490 e. The normalized spacial score (nSPS) is 19.1. The van der Waals surface area contributed by atoms with Crippen LogP contribution in [0.5, 0.6) is 17.2 Å². The molecular weight excluding hydrogens is 523 g/mol. The molecule has 0 unspecified atom stereocenters. The minimum absolute atomic E-state index is 0. The van der Waals surface area contributed by atoms with Crippen LogP contribution in [-0.2, 0) is 17.6 Å². The average molecular weight is 556 g/mol. The van der Waals surface area contributed by atoms with Crippen molar-refractivity contribution < 1.29 is 37.3 Å². The van der Waals surface area contributed by atoms with Gasteiger partial charge >= 0.3 is 12.1 Å². The lowest BCUT2D eigenvalue weighted by atomic mass is 9.97. The van der Waals surface area contributed by atoms with Crippen molar-refractivity contribution in [2.75, 3.05) is 26.2 Å². The van der Waals surface area contributed by atoms with Crippen molar-refractivity contribution in [3.8, 4) is 17.2 Å². The second-order valence-electron chi connectivity index (χ2n) is 9.64. The minimum atomic E-state index is -4.51. The molecule has 10 heteroatoms. The fraction of sp³-hybridized carbons (Fsp3) is 0.464. The summed E-state index contributed by atoms with van der Waals surface area (Å²) in [5, 5.41) is 9.30. The largest absolute Gasteiger partial charge is 0.490 e. The maximum Gasteiger partial charge on any atom is 0.419 e. The highest BCUT2D eigenvalue weighted by Crippen LogP contribution is 2.39. The van der Waals surface area contributed by atoms with Gasteiger partial charge in [-0.1, -0.05) is 13.5 Å². The van der Waals surface area contributed by atoms with Crippen LogP contribution >= 0.6 is 12.4 Å². The van der Waals surface area contributed by atoms with Crippen LogP contribution in [0, 0.1) is 5.92 Å². The molecule has 0 aromatic heterocycles. The molecule has 1 saturated carbocycles. The van der Waals surface area contributed by atoms with Crippen LogP contribution in [0.25, 0.3) is 6.08 Å². The Bertz CT molecular complexity index is 1170. The number of alkyl halides is 3. The van der Waals surface area contributed by atoms with Gasteiger partial charge in [0.1, 0.15) is 30.5 Å². The zero-order valence-corrected chi connectivity index (χ0v) is 20.9. The summed E-state index contributed by atoms with van der Waals surface area (Å²) >= 11 is 0. The summed E-state index contributed by atoms with van der Waals surface area (Å²) in [4.78, 5) is 13.5. The molecule has 2 aromatic carbocycles. The molecule has 0 radical (unpaired) electrons. The molecule has 208 valence electrons. The van der Waals surface area contributed by atoms with E-state index in [0.717, 1.165) is 43.0 Å². The van der Waals surface area contributed by atoms with Gasteiger partial charge in [-0.15, -0.1) is 12.4 Å². The molecule has 6 nitrogen and oxygen atoms in total. The van der Waals surface area contributed by atoms with Crippen LogP contribution in [-0.4, -0.2) is 48.3 Å². The highest BCUT2D eigenvalue weighted by molar-refractivity contribution is 5.85. The number of aliphatic carboxylic acids is 1. The molecule has 0 spiro atoms. The Labute approximate surface area is 226 Å². The van der Waals surface area contributed by atoms with Crippen LogP contribution in [0.3, 0.4) is 0 Å². The van der Waals surface area contributed by atoms with Gasteiger partial charge in [-0.25, -0.2) is 0 Å². The van der Waals surface area contributed by atoms with Crippen LogP contribution in [0.2, 0.25) is 0 Å². The van der Waals surface area contributed by atoms with Gasteiger partial charge in [-0.2, -0.15) is 13.2 Å². The molecule has 1 aliphatic carbocycles. The third-order valence-corrected chi connectivity index (χ3v) is 6.61. The molecule has 0 amide bonds. The maximum absolute atomic E-state index is 13.5. The molecule has 1 saturated heterocycles. The monoisotopic (exact) mass is 555 g/mol. The maximum atomic E-state index is 13.5. The topological polar surface area (TPSA) is 68.2 Å². The third-order valence-electron chi connectivity index (χ3n) is 6.61. The zero-order valence-electron chi connectivity index (χ0n) is 20.1. The summed E-state index contributed by atoms with van der Waals surface area (Å²) in [5.41, 5.74) is 1.56. The summed E-state index contributed by atoms with van der Waals surface area (Å²) in [5.74, 6) is -0.0737. The van der Waals surface area contributed by atoms with E-state index in [1.54, 1.807) is 18.2 Å². The molecule has 1 atom stereocenters. The Kier molecular flexibility index (Phi) is 9.59. The van der Waals surface area contributed by atoms with Gasteiger partial charge in [0.15, 0.2) is 0 Å². The van der Waals surface area contributed by atoms with E-state index in [1.807, 2.05) is 12.1 Å². The average Bonchev–Trinajstić information content (AvgIpc) is 3.67. The molecule has 38 heavy (non-hydrogen) atoms. The van der Waals surface area contributed by atoms with Gasteiger partial charge in [0, 0.05) is 24.7 Å². The van der Waals surface area contributed by atoms with E-state index in [9.17, 15) is 23.1 Å². The highest BCUT2D eigenvalue weighted by Gasteiger charge is 2.36. The van der Waals surface area contributed by atoms with Crippen molar-refractivity contribution in [1.82, 2.24) is 4.90 Å². The first kappa shape index (κ1) is 29.6. The highest BCUT2D eigenvalue weighted by atomic mass is 35.5. The number of ether oxygens (including phenoxy) is 3. The SMILES string of the molecule is C.Cl.O=C(O)[C@@H]1CCCN(CC2=Cc3ccc(OCc4ccc(OC5CC5)c(C(F)(F)F)c4)cc3OC2)C1. The summed E-state index contributed by atoms with van der Waals surface area (Å²) in [7, 11) is 0. The molecule has 2 aliphatic heterocycles. The van der Waals surface area contributed by atoms with Crippen molar-refractivity contribution in [3.05, 3.63) is 58.7 Å². The van der Waals surface area contributed by atoms with Crippen LogP contribution in [0.4, 0.5) is 13.2 Å². The van der Waals surface area contributed by atoms with Gasteiger partial charge in [0.25, 0.3) is 0 Å². The Morgan fingerprint density at radius 1 is 1.13 bits per heavy atom. The quantitative estimate of drug-likeness (QED) is 0.403. The van der Waals surface area contributed by atoms with E-state index in [0.29, 0.717) is 43.2 Å². The summed E-state index contributed by atoms with van der Waals surface area (Å²) in [6.45, 7) is 2.43. The van der Waals surface area contributed by atoms with Gasteiger partial charge < -0.3 is 19.3 Å². The van der Waals surface area contributed by atoms with Crippen molar-refractivity contribution in [3.63, 3.8) is 0 Å². The number of halogens is 4. The summed E-state index contributed by atoms with van der Waals surface area (Å²) in [6.07, 6.45) is 0.547. The van der Waals surface area contributed by atoms with Gasteiger partial charge in [-0.3, -0.25) is 9.69 Å². The van der Waals surface area contributed by atoms with Gasteiger partial charge in [0.05, 0.1) is 17.6 Å². The number of likely N-dealkylation sites (tertiary alicyclic amines) is 1. The zero-order chi connectivity index (χ0) is 25.3. The molecule has 2 heterocycles. The summed E-state index contributed by atoms with van der Waals surface area (Å²) in [6, 6.07) is 9.39. The lowest BCUT2D eigenvalue weighted by Gasteiger charge is -2.32. The first-order valence-corrected chi connectivity index (χ1v) is 12.2. The van der Waals surface area contributed by atoms with E-state index in [4.69, 9.17) is 14.2 Å². The van der Waals surface area contributed by atoms with Crippen molar-refractivity contribution in [2.24, 2.45) is 5.92 Å². The van der Waals surface area contributed by atoms with Crippen LogP contribution in [0.1, 0.15) is 49.8 Å². The van der Waals surface area contributed by atoms with Crippen molar-refractivity contribution in [1.29, 1.82) is 0 Å². The number of hydrogen-bond acceptors (Lipinski definition) is 5. The second-order valence-corrected chi connectivity index (χ2v) is 9.64. The Hall–Kier alpha value is -2.91. The number of benzene rings is 2. The Morgan fingerprint density at radius 2 is 1.92 bits per heavy atom. The predicted octanol–water partition coefficient (Wildman–Crippen LogP) is 6.46. The fourth-order valence-electron chi connectivity index (χ4n) is 4.58. The molecule has 1 N–H and O–H groups in total. The van der Waals surface area contributed by atoms with Gasteiger partial charge in [-0.05, 0) is 73.7 Å². The standard InChI is InChI=1S/C27H28F3NO5.CH4.ClH/c28-27(29,30)23-11-17(3-8-24(23)36-21-6-7-21)15-34-22-5-4-19-10-18(16-35-25(19)12-22)13-31-9-1-2-20(14-31)26(32)33;;/h3-5,8,10-12,20-21H,1-2,6-7,9,13-16H2,(H,32,33);1H4;1H/t20-;;/m1../s1. The lowest BCUT2D eigenvalue weighted by Crippen LogP contribution is -2.40. The summed E-state index contributed by atoms with van der Waals surface area (Å²) < 4.78 is 57.6. The third kappa shape index (κ3) is 7.35. The molecular formula is C28H33ClF3NO5. The van der Waals surface area contributed by atoms with E-state index in [1.165, 1.54) is 6.07 Å². The second kappa shape index (κ2) is 12.3. The Balaban J connectivity index is 0.00000200. The molecule has 3 aliphatic rings. The fourth-order valence-corrected chi connectivity index (χ4v) is 4.58.